The molecule has 0 aliphatic heterocycles. The fourth-order valence-corrected chi connectivity index (χ4v) is 0.254. The average Bonchev–Trinajstić information content (AvgIpc) is 1.65. The predicted molar refractivity (Wildman–Crippen MR) is 33.6 cm³/mol. The number of hydrogen-bond donors (Lipinski definition) is 1. The van der Waals surface area contributed by atoms with Gasteiger partial charge in [0.15, 0.2) is 0 Å². The van der Waals surface area contributed by atoms with Gasteiger partial charge >= 0.3 is 0 Å². The van der Waals surface area contributed by atoms with Gasteiger partial charge in [0.25, 0.3) is 0 Å². The molecule has 1 nitrogen and oxygen atoms in total. The Hall–Kier alpha value is 0.920. The molecule has 0 aliphatic rings. The summed E-state index contributed by atoms with van der Waals surface area (Å²) in [4.78, 5) is 0.220. The highest BCUT2D eigenvalue weighted by Gasteiger charge is 1.94. The van der Waals surface area contributed by atoms with E-state index in [4.69, 9.17) is 5.11 Å². The van der Waals surface area contributed by atoms with Gasteiger partial charge in [-0.25, -0.2) is 0 Å². The molecule has 0 bridgehead atoms. The smallest absolute Gasteiger partial charge is 0.0564 e. The van der Waals surface area contributed by atoms with Gasteiger partial charge in [-0.1, -0.05) is 31.9 Å². The SMILES string of the molecule is OC[C@H](Br)CBr. The third kappa shape index (κ3) is 3.12. The van der Waals surface area contributed by atoms with Gasteiger partial charge in [0.2, 0.25) is 0 Å². The van der Waals surface area contributed by atoms with Gasteiger partial charge in [0, 0.05) is 10.2 Å². The molecule has 1 atom stereocenters. The van der Waals surface area contributed by atoms with Crippen molar-refractivity contribution in [1.82, 2.24) is 0 Å². The molecule has 0 fully saturated rings. The highest BCUT2D eigenvalue weighted by Crippen LogP contribution is 1.99. The number of halogens is 2. The van der Waals surface area contributed by atoms with Crippen molar-refractivity contribution in [3.63, 3.8) is 0 Å². The molecule has 0 rings (SSSR count). The third-order valence-corrected chi connectivity index (χ3v) is 2.63. The summed E-state index contributed by atoms with van der Waals surface area (Å²) in [7, 11) is 0. The van der Waals surface area contributed by atoms with E-state index in [0.29, 0.717) is 0 Å². The minimum atomic E-state index is 0.200. The third-order valence-electron chi connectivity index (χ3n) is 0.366. The van der Waals surface area contributed by atoms with Crippen molar-refractivity contribution < 1.29 is 5.11 Å². The maximum Gasteiger partial charge on any atom is 0.0564 e. The summed E-state index contributed by atoms with van der Waals surface area (Å²) < 4.78 is 0. The lowest BCUT2D eigenvalue weighted by Gasteiger charge is -1.94. The topological polar surface area (TPSA) is 20.2 Å². The van der Waals surface area contributed by atoms with Gasteiger partial charge in [-0.05, 0) is 0 Å². The molecule has 0 heterocycles. The molecular formula is C3H6Br2O. The van der Waals surface area contributed by atoms with Crippen molar-refractivity contribution in [1.29, 1.82) is 0 Å². The molecule has 0 unspecified atom stereocenters. The number of aliphatic hydroxyl groups is 1. The highest BCUT2D eigenvalue weighted by molar-refractivity contribution is 9.12. The van der Waals surface area contributed by atoms with E-state index in [9.17, 15) is 0 Å². The Morgan fingerprint density at radius 3 is 2.17 bits per heavy atom. The molecule has 0 amide bonds. The number of hydrogen-bond acceptors (Lipinski definition) is 1. The van der Waals surface area contributed by atoms with Crippen molar-refractivity contribution in [3.8, 4) is 0 Å². The highest BCUT2D eigenvalue weighted by atomic mass is 79.9. The molecule has 0 aromatic carbocycles. The molecular weight excluding hydrogens is 212 g/mol. The summed E-state index contributed by atoms with van der Waals surface area (Å²) in [5, 5.41) is 9.07. The number of aliphatic hydroxyl groups excluding tert-OH is 1. The van der Waals surface area contributed by atoms with Crippen molar-refractivity contribution >= 4 is 31.9 Å². The van der Waals surface area contributed by atoms with Gasteiger partial charge in [-0.3, -0.25) is 0 Å². The quantitative estimate of drug-likeness (QED) is 0.688. The maximum atomic E-state index is 8.26. The molecule has 0 aromatic rings. The van der Waals surface area contributed by atoms with Crippen LogP contribution in [-0.2, 0) is 0 Å². The van der Waals surface area contributed by atoms with Crippen LogP contribution in [0, 0.1) is 0 Å². The standard InChI is InChI=1S/C3H6Br2O/c4-1-3(5)2-6/h3,6H,1-2H2/t3-/m1/s1. The largest absolute Gasteiger partial charge is 0.395 e. The summed E-state index contributed by atoms with van der Waals surface area (Å²) in [6.45, 7) is 0.200. The minimum Gasteiger partial charge on any atom is -0.395 e. The van der Waals surface area contributed by atoms with Crippen LogP contribution in [0.4, 0.5) is 0 Å². The Labute approximate surface area is 54.0 Å². The van der Waals surface area contributed by atoms with Gasteiger partial charge < -0.3 is 5.11 Å². The Bertz CT molecular complexity index is 28.0. The zero-order chi connectivity index (χ0) is 4.99. The first-order valence-electron chi connectivity index (χ1n) is 1.62. The second-order valence-electron chi connectivity index (χ2n) is 0.934. The van der Waals surface area contributed by atoms with Crippen LogP contribution < -0.4 is 0 Å². The number of rotatable bonds is 2. The Morgan fingerprint density at radius 2 is 2.17 bits per heavy atom. The van der Waals surface area contributed by atoms with Crippen LogP contribution in [0.5, 0.6) is 0 Å². The monoisotopic (exact) mass is 216 g/mol. The summed E-state index contributed by atoms with van der Waals surface area (Å²) >= 11 is 6.35. The minimum absolute atomic E-state index is 0.200. The molecule has 0 saturated heterocycles. The molecule has 6 heavy (non-hydrogen) atoms. The molecule has 0 saturated carbocycles. The first kappa shape index (κ1) is 6.92. The molecule has 0 aliphatic carbocycles. The molecule has 0 radical (unpaired) electrons. The molecule has 0 spiro atoms. The molecule has 1 N–H and O–H groups in total. The van der Waals surface area contributed by atoms with E-state index in [0.717, 1.165) is 5.33 Å². The summed E-state index contributed by atoms with van der Waals surface area (Å²) in [5.74, 6) is 0. The van der Waals surface area contributed by atoms with Crippen molar-refractivity contribution in [2.45, 2.75) is 4.83 Å². The Kier molecular flexibility index (Phi) is 4.72. The second kappa shape index (κ2) is 4.09. The summed E-state index contributed by atoms with van der Waals surface area (Å²) in [6, 6.07) is 0. The summed E-state index contributed by atoms with van der Waals surface area (Å²) in [5.41, 5.74) is 0. The second-order valence-corrected chi connectivity index (χ2v) is 2.88. The normalized spacial score (nSPS) is 14.5. The molecule has 0 aromatic heterocycles. The van der Waals surface area contributed by atoms with Crippen LogP contribution in [0.15, 0.2) is 0 Å². The van der Waals surface area contributed by atoms with E-state index >= 15 is 0 Å². The fraction of sp³-hybridized carbons (Fsp3) is 1.00. The lowest BCUT2D eigenvalue weighted by Crippen LogP contribution is -2.03. The van der Waals surface area contributed by atoms with E-state index in [-0.39, 0.29) is 11.4 Å². The number of alkyl halides is 2. The first-order chi connectivity index (χ1) is 2.81. The molecule has 38 valence electrons. The Morgan fingerprint density at radius 1 is 1.67 bits per heavy atom. The lowest BCUT2D eigenvalue weighted by molar-refractivity contribution is 0.303. The molecule has 3 heteroatoms. The van der Waals surface area contributed by atoms with Crippen LogP contribution >= 0.6 is 31.9 Å². The summed E-state index contributed by atoms with van der Waals surface area (Å²) in [6.07, 6.45) is 0. The fourth-order valence-electron chi connectivity index (χ4n) is 0.0488. The van der Waals surface area contributed by atoms with Crippen molar-refractivity contribution in [3.05, 3.63) is 0 Å². The van der Waals surface area contributed by atoms with Crippen LogP contribution in [0.2, 0.25) is 0 Å². The van der Waals surface area contributed by atoms with E-state index in [2.05, 4.69) is 31.9 Å². The van der Waals surface area contributed by atoms with Crippen LogP contribution in [-0.4, -0.2) is 21.9 Å². The van der Waals surface area contributed by atoms with E-state index in [1.807, 2.05) is 0 Å². The van der Waals surface area contributed by atoms with Crippen LogP contribution in [0.25, 0.3) is 0 Å². The van der Waals surface area contributed by atoms with Gasteiger partial charge in [0.05, 0.1) is 6.61 Å². The Balaban J connectivity index is 2.75. The van der Waals surface area contributed by atoms with Crippen LogP contribution in [0.1, 0.15) is 0 Å². The maximum absolute atomic E-state index is 8.26. The average molecular weight is 218 g/mol. The van der Waals surface area contributed by atoms with Gasteiger partial charge in [-0.15, -0.1) is 0 Å². The lowest BCUT2D eigenvalue weighted by atomic mass is 10.5. The van der Waals surface area contributed by atoms with Crippen molar-refractivity contribution in [2.24, 2.45) is 0 Å². The van der Waals surface area contributed by atoms with E-state index < -0.39 is 0 Å². The zero-order valence-corrected chi connectivity index (χ0v) is 6.37. The van der Waals surface area contributed by atoms with E-state index in [1.165, 1.54) is 0 Å². The van der Waals surface area contributed by atoms with Crippen LogP contribution in [0.3, 0.4) is 0 Å². The van der Waals surface area contributed by atoms with Crippen molar-refractivity contribution in [2.75, 3.05) is 11.9 Å². The van der Waals surface area contributed by atoms with E-state index in [1.54, 1.807) is 0 Å². The predicted octanol–water partition coefficient (Wildman–Crippen LogP) is 1.14. The van der Waals surface area contributed by atoms with Gasteiger partial charge in [0.1, 0.15) is 0 Å². The first-order valence-corrected chi connectivity index (χ1v) is 3.66. The van der Waals surface area contributed by atoms with Gasteiger partial charge in [-0.2, -0.15) is 0 Å². The zero-order valence-electron chi connectivity index (χ0n) is 3.19.